The van der Waals surface area contributed by atoms with Crippen LogP contribution >= 0.6 is 0 Å². The van der Waals surface area contributed by atoms with Gasteiger partial charge in [0.25, 0.3) is 0 Å². The lowest BCUT2D eigenvalue weighted by Crippen LogP contribution is -1.58. The van der Waals surface area contributed by atoms with Crippen molar-refractivity contribution in [2.45, 2.75) is 20.8 Å². The number of aliphatic imine (C=N–C) groups is 1. The van der Waals surface area contributed by atoms with Gasteiger partial charge in [-0.3, -0.25) is 4.99 Å². The fourth-order valence-electron chi connectivity index (χ4n) is 0.371. The van der Waals surface area contributed by atoms with Crippen LogP contribution in [0, 0.1) is 0 Å². The monoisotopic (exact) mass is 123 g/mol. The van der Waals surface area contributed by atoms with E-state index in [0.29, 0.717) is 0 Å². The summed E-state index contributed by atoms with van der Waals surface area (Å²) in [5.74, 6) is 0. The highest BCUT2D eigenvalue weighted by Crippen LogP contribution is 1.88. The Morgan fingerprint density at radius 2 is 2.00 bits per heavy atom. The first-order chi connectivity index (χ1) is 4.27. The average Bonchev–Trinajstić information content (AvgIpc) is 1.80. The molecule has 0 spiro atoms. The predicted molar refractivity (Wildman–Crippen MR) is 42.7 cm³/mol. The second-order valence-electron chi connectivity index (χ2n) is 1.99. The maximum Gasteiger partial charge on any atom is 0.0263 e. The van der Waals surface area contributed by atoms with Crippen molar-refractivity contribution < 1.29 is 0 Å². The van der Waals surface area contributed by atoms with E-state index in [1.807, 2.05) is 19.1 Å². The lowest BCUT2D eigenvalue weighted by atomic mass is 10.3. The van der Waals surface area contributed by atoms with Crippen molar-refractivity contribution in [1.82, 2.24) is 0 Å². The summed E-state index contributed by atoms with van der Waals surface area (Å²) in [6.45, 7) is 6.01. The molecule has 9 heavy (non-hydrogen) atoms. The van der Waals surface area contributed by atoms with Crippen molar-refractivity contribution >= 4 is 6.21 Å². The molecular weight excluding hydrogens is 110 g/mol. The second kappa shape index (κ2) is 5.29. The maximum atomic E-state index is 3.89. The molecule has 0 rings (SSSR count). The smallest absolute Gasteiger partial charge is 0.0263 e. The van der Waals surface area contributed by atoms with Gasteiger partial charge in [0.15, 0.2) is 0 Å². The van der Waals surface area contributed by atoms with Crippen molar-refractivity contribution in [3.05, 3.63) is 23.9 Å². The van der Waals surface area contributed by atoms with Gasteiger partial charge in [-0.15, -0.1) is 0 Å². The molecule has 1 heteroatoms. The highest BCUT2D eigenvalue weighted by molar-refractivity contribution is 5.54. The van der Waals surface area contributed by atoms with Crippen LogP contribution in [0.4, 0.5) is 0 Å². The van der Waals surface area contributed by atoms with Crippen LogP contribution in [0.5, 0.6) is 0 Å². The number of rotatable bonds is 2. The molecule has 0 aliphatic rings. The summed E-state index contributed by atoms with van der Waals surface area (Å²) >= 11 is 0. The van der Waals surface area contributed by atoms with Gasteiger partial charge >= 0.3 is 0 Å². The molecule has 0 radical (unpaired) electrons. The molecule has 50 valence electrons. The van der Waals surface area contributed by atoms with Crippen LogP contribution < -0.4 is 0 Å². The topological polar surface area (TPSA) is 12.4 Å². The molecule has 0 aliphatic heterocycles. The van der Waals surface area contributed by atoms with E-state index in [2.05, 4.69) is 18.8 Å². The molecule has 0 unspecified atom stereocenters. The van der Waals surface area contributed by atoms with E-state index < -0.39 is 0 Å². The van der Waals surface area contributed by atoms with Crippen molar-refractivity contribution in [1.29, 1.82) is 0 Å². The van der Waals surface area contributed by atoms with Crippen molar-refractivity contribution in [2.24, 2.45) is 4.99 Å². The molecule has 0 aromatic heterocycles. The first kappa shape index (κ1) is 8.15. The van der Waals surface area contributed by atoms with Crippen molar-refractivity contribution in [3.8, 4) is 0 Å². The van der Waals surface area contributed by atoms with Gasteiger partial charge in [-0.2, -0.15) is 0 Å². The average molecular weight is 123 g/mol. The SMILES string of the molecule is CC=N/C=C\C=C(C)C. The Bertz CT molecular complexity index is 137. The highest BCUT2D eigenvalue weighted by Gasteiger charge is 1.67. The van der Waals surface area contributed by atoms with Gasteiger partial charge in [-0.1, -0.05) is 11.6 Å². The normalized spacial score (nSPS) is 11.0. The Labute approximate surface area is 56.8 Å². The zero-order valence-electron chi connectivity index (χ0n) is 6.26. The highest BCUT2D eigenvalue weighted by atomic mass is 14.6. The Morgan fingerprint density at radius 3 is 2.44 bits per heavy atom. The van der Waals surface area contributed by atoms with E-state index in [1.54, 1.807) is 12.4 Å². The summed E-state index contributed by atoms with van der Waals surface area (Å²) < 4.78 is 0. The molecular formula is C8H13N. The Kier molecular flexibility index (Phi) is 4.79. The van der Waals surface area contributed by atoms with Crippen LogP contribution in [0.15, 0.2) is 28.9 Å². The molecule has 0 fully saturated rings. The van der Waals surface area contributed by atoms with E-state index in [-0.39, 0.29) is 0 Å². The minimum atomic E-state index is 1.29. The van der Waals surface area contributed by atoms with Crippen LogP contribution in [-0.2, 0) is 0 Å². The molecule has 0 N–H and O–H groups in total. The standard InChI is InChI=1S/C8H13N/c1-4-9-7-5-6-8(2)3/h4-7H,1-3H3/b7-5-,9-4?. The fourth-order valence-corrected chi connectivity index (χ4v) is 0.371. The van der Waals surface area contributed by atoms with Crippen molar-refractivity contribution in [2.75, 3.05) is 0 Å². The van der Waals surface area contributed by atoms with Gasteiger partial charge in [0.1, 0.15) is 0 Å². The lowest BCUT2D eigenvalue weighted by Gasteiger charge is -1.79. The van der Waals surface area contributed by atoms with E-state index in [0.717, 1.165) is 0 Å². The fraction of sp³-hybridized carbons (Fsp3) is 0.375. The summed E-state index contributed by atoms with van der Waals surface area (Å²) in [5.41, 5.74) is 1.29. The number of nitrogens with zero attached hydrogens (tertiary/aromatic N) is 1. The van der Waals surface area contributed by atoms with E-state index >= 15 is 0 Å². The van der Waals surface area contributed by atoms with E-state index in [4.69, 9.17) is 0 Å². The van der Waals surface area contributed by atoms with E-state index in [1.165, 1.54) is 5.57 Å². The number of hydrogen-bond donors (Lipinski definition) is 0. The van der Waals surface area contributed by atoms with Crippen LogP contribution in [0.2, 0.25) is 0 Å². The lowest BCUT2D eigenvalue weighted by molar-refractivity contribution is 1.39. The van der Waals surface area contributed by atoms with Gasteiger partial charge in [-0.25, -0.2) is 0 Å². The molecule has 0 saturated carbocycles. The number of hydrogen-bond acceptors (Lipinski definition) is 1. The van der Waals surface area contributed by atoms with Gasteiger partial charge in [-0.05, 0) is 26.8 Å². The second-order valence-corrected chi connectivity index (χ2v) is 1.99. The molecule has 0 saturated heterocycles. The summed E-state index contributed by atoms with van der Waals surface area (Å²) in [5, 5.41) is 0. The largest absolute Gasteiger partial charge is 0.269 e. The predicted octanol–water partition coefficient (Wildman–Crippen LogP) is 2.56. The Hall–Kier alpha value is -0.850. The Morgan fingerprint density at radius 1 is 1.33 bits per heavy atom. The van der Waals surface area contributed by atoms with Crippen molar-refractivity contribution in [3.63, 3.8) is 0 Å². The van der Waals surface area contributed by atoms with Crippen LogP contribution in [0.1, 0.15) is 20.8 Å². The van der Waals surface area contributed by atoms with Crippen LogP contribution in [0.25, 0.3) is 0 Å². The van der Waals surface area contributed by atoms with Crippen LogP contribution in [-0.4, -0.2) is 6.21 Å². The third-order valence-electron chi connectivity index (χ3n) is 0.751. The Balaban J connectivity index is 3.60. The van der Waals surface area contributed by atoms with Gasteiger partial charge in [0, 0.05) is 12.4 Å². The van der Waals surface area contributed by atoms with Gasteiger partial charge in [0.2, 0.25) is 0 Å². The minimum absolute atomic E-state index is 1.29. The minimum Gasteiger partial charge on any atom is -0.269 e. The molecule has 0 aromatic rings. The quantitative estimate of drug-likeness (QED) is 0.395. The molecule has 0 aromatic carbocycles. The summed E-state index contributed by atoms with van der Waals surface area (Å²) in [6.07, 6.45) is 7.48. The zero-order valence-corrected chi connectivity index (χ0v) is 6.26. The third-order valence-corrected chi connectivity index (χ3v) is 0.751. The molecule has 0 atom stereocenters. The molecule has 0 aliphatic carbocycles. The molecule has 0 amide bonds. The van der Waals surface area contributed by atoms with Gasteiger partial charge < -0.3 is 0 Å². The number of allylic oxidation sites excluding steroid dienone is 3. The molecule has 1 nitrogen and oxygen atoms in total. The summed E-state index contributed by atoms with van der Waals surface area (Å²) in [4.78, 5) is 3.89. The van der Waals surface area contributed by atoms with Crippen LogP contribution in [0.3, 0.4) is 0 Å². The summed E-state index contributed by atoms with van der Waals surface area (Å²) in [6, 6.07) is 0. The third kappa shape index (κ3) is 7.15. The maximum absolute atomic E-state index is 3.89. The first-order valence-corrected chi connectivity index (χ1v) is 3.05. The summed E-state index contributed by atoms with van der Waals surface area (Å²) in [7, 11) is 0. The zero-order chi connectivity index (χ0) is 7.11. The van der Waals surface area contributed by atoms with Gasteiger partial charge in [0.05, 0.1) is 0 Å². The molecule has 0 bridgehead atoms. The molecule has 0 heterocycles. The first-order valence-electron chi connectivity index (χ1n) is 3.05. The van der Waals surface area contributed by atoms with E-state index in [9.17, 15) is 0 Å².